The van der Waals surface area contributed by atoms with Crippen LogP contribution in [0.5, 0.6) is 0 Å². The average molecular weight is 424 g/mol. The molecule has 1 aromatic heterocycles. The lowest BCUT2D eigenvalue weighted by Gasteiger charge is -2.27. The third-order valence-corrected chi connectivity index (χ3v) is 5.54. The fourth-order valence-corrected chi connectivity index (χ4v) is 4.14. The molecule has 3 aromatic rings. The number of Topliss-reactive ketones (excluding diaryl/α,β-unsaturated/α-hetero) is 1. The summed E-state index contributed by atoms with van der Waals surface area (Å²) in [5.41, 5.74) is 4.70. The van der Waals surface area contributed by atoms with E-state index in [-0.39, 0.29) is 18.2 Å². The fourth-order valence-electron chi connectivity index (χ4n) is 4.14. The molecule has 0 amide bonds. The molecular formula is C25H23F3N2O. The number of hydrogen-bond donors (Lipinski definition) is 1. The van der Waals surface area contributed by atoms with Crippen LogP contribution in [0.15, 0.2) is 60.8 Å². The van der Waals surface area contributed by atoms with Gasteiger partial charge in [-0.1, -0.05) is 24.3 Å². The number of fused-ring (bicyclic) bond motifs is 1. The summed E-state index contributed by atoms with van der Waals surface area (Å²) in [5, 5.41) is 3.57. The van der Waals surface area contributed by atoms with Crippen LogP contribution in [0.1, 0.15) is 48.2 Å². The molecule has 3 nitrogen and oxygen atoms in total. The molecule has 1 N–H and O–H groups in total. The van der Waals surface area contributed by atoms with E-state index < -0.39 is 11.7 Å². The number of halogens is 3. The molecule has 2 aromatic carbocycles. The van der Waals surface area contributed by atoms with Gasteiger partial charge in [-0.05, 0) is 78.8 Å². The van der Waals surface area contributed by atoms with Gasteiger partial charge in [-0.3, -0.25) is 9.78 Å². The first-order chi connectivity index (χ1) is 14.8. The Bertz CT molecular complexity index is 1090. The van der Waals surface area contributed by atoms with Crippen LogP contribution >= 0.6 is 0 Å². The maximum absolute atomic E-state index is 12.9. The molecule has 1 heterocycles. The molecule has 0 bridgehead atoms. The molecule has 0 radical (unpaired) electrons. The Kier molecular flexibility index (Phi) is 5.81. The number of nitrogens with one attached hydrogen (secondary N) is 1. The number of ketones is 1. The predicted molar refractivity (Wildman–Crippen MR) is 115 cm³/mol. The molecule has 1 aliphatic carbocycles. The lowest BCUT2D eigenvalue weighted by atomic mass is 9.90. The molecule has 31 heavy (non-hydrogen) atoms. The number of carbonyl (C=O) groups excluding carboxylic acids is 1. The molecule has 1 aliphatic rings. The topological polar surface area (TPSA) is 42.0 Å². The summed E-state index contributed by atoms with van der Waals surface area (Å²) in [6, 6.07) is 15.0. The van der Waals surface area contributed by atoms with Gasteiger partial charge >= 0.3 is 6.18 Å². The van der Waals surface area contributed by atoms with E-state index in [0.717, 1.165) is 53.9 Å². The molecule has 6 heteroatoms. The Hall–Kier alpha value is -3.15. The Morgan fingerprint density at radius 1 is 1.10 bits per heavy atom. The Morgan fingerprint density at radius 2 is 1.87 bits per heavy atom. The van der Waals surface area contributed by atoms with Gasteiger partial charge < -0.3 is 5.32 Å². The van der Waals surface area contributed by atoms with Crippen molar-refractivity contribution in [1.29, 1.82) is 0 Å². The summed E-state index contributed by atoms with van der Waals surface area (Å²) in [6.07, 6.45) is 0.648. The minimum absolute atomic E-state index is 0.0303. The lowest BCUT2D eigenvalue weighted by Crippen LogP contribution is -2.18. The Labute approximate surface area is 179 Å². The van der Waals surface area contributed by atoms with E-state index in [9.17, 15) is 18.0 Å². The Balaban J connectivity index is 1.68. The van der Waals surface area contributed by atoms with Crippen molar-refractivity contribution < 1.29 is 18.0 Å². The summed E-state index contributed by atoms with van der Waals surface area (Å²) in [4.78, 5) is 16.2. The monoisotopic (exact) mass is 424 g/mol. The van der Waals surface area contributed by atoms with Crippen LogP contribution in [-0.4, -0.2) is 10.8 Å². The Morgan fingerprint density at radius 3 is 2.58 bits per heavy atom. The van der Waals surface area contributed by atoms with E-state index in [2.05, 4.69) is 16.4 Å². The number of alkyl halides is 3. The summed E-state index contributed by atoms with van der Waals surface area (Å²) >= 11 is 0. The minimum Gasteiger partial charge on any atom is -0.378 e. The standard InChI is InChI=1S/C25H23F3N2O/c1-16(31)12-17-13-19(18-7-9-20(10-8-18)25(26,27)28)15-21(14-17)30-24-6-2-5-23-22(24)4-3-11-29-23/h3-4,7-11,13-15,24,30H,2,5-6,12H2,1H3. The molecule has 0 saturated heterocycles. The van der Waals surface area contributed by atoms with Gasteiger partial charge in [0.05, 0.1) is 11.6 Å². The van der Waals surface area contributed by atoms with Crippen molar-refractivity contribution in [3.05, 3.63) is 83.2 Å². The number of benzene rings is 2. The summed E-state index contributed by atoms with van der Waals surface area (Å²) < 4.78 is 38.8. The van der Waals surface area contributed by atoms with Crippen LogP contribution in [0.2, 0.25) is 0 Å². The summed E-state index contributed by atoms with van der Waals surface area (Å²) in [6.45, 7) is 1.53. The van der Waals surface area contributed by atoms with Crippen LogP contribution in [-0.2, 0) is 23.8 Å². The molecule has 4 rings (SSSR count). The highest BCUT2D eigenvalue weighted by molar-refractivity contribution is 5.80. The first-order valence-corrected chi connectivity index (χ1v) is 10.3. The summed E-state index contributed by atoms with van der Waals surface area (Å²) in [5.74, 6) is 0.0303. The van der Waals surface area contributed by atoms with Gasteiger partial charge in [0.15, 0.2) is 0 Å². The molecule has 0 spiro atoms. The quantitative estimate of drug-likeness (QED) is 0.516. The molecular weight excluding hydrogens is 401 g/mol. The number of aromatic nitrogens is 1. The fraction of sp³-hybridized carbons (Fsp3) is 0.280. The van der Waals surface area contributed by atoms with Gasteiger partial charge in [0.2, 0.25) is 0 Å². The minimum atomic E-state index is -4.37. The van der Waals surface area contributed by atoms with E-state index in [1.165, 1.54) is 24.6 Å². The van der Waals surface area contributed by atoms with Crippen molar-refractivity contribution in [2.24, 2.45) is 0 Å². The number of pyridine rings is 1. The lowest BCUT2D eigenvalue weighted by molar-refractivity contribution is -0.137. The number of nitrogens with zero attached hydrogens (tertiary/aromatic N) is 1. The van der Waals surface area contributed by atoms with Crippen LogP contribution in [0.3, 0.4) is 0 Å². The van der Waals surface area contributed by atoms with Gasteiger partial charge in [-0.25, -0.2) is 0 Å². The number of hydrogen-bond acceptors (Lipinski definition) is 3. The van der Waals surface area contributed by atoms with Crippen molar-refractivity contribution in [1.82, 2.24) is 4.98 Å². The zero-order valence-electron chi connectivity index (χ0n) is 17.2. The predicted octanol–water partition coefficient (Wildman–Crippen LogP) is 6.39. The van der Waals surface area contributed by atoms with E-state index >= 15 is 0 Å². The van der Waals surface area contributed by atoms with Crippen molar-refractivity contribution >= 4 is 11.5 Å². The van der Waals surface area contributed by atoms with Crippen molar-refractivity contribution in [2.45, 2.75) is 44.8 Å². The first kappa shape index (κ1) is 21.1. The van der Waals surface area contributed by atoms with Gasteiger partial charge in [0.25, 0.3) is 0 Å². The van der Waals surface area contributed by atoms with Crippen LogP contribution in [0.25, 0.3) is 11.1 Å². The summed E-state index contributed by atoms with van der Waals surface area (Å²) in [7, 11) is 0. The van der Waals surface area contributed by atoms with E-state index in [1.807, 2.05) is 24.3 Å². The average Bonchev–Trinajstić information content (AvgIpc) is 2.73. The van der Waals surface area contributed by atoms with Crippen LogP contribution < -0.4 is 5.32 Å². The number of rotatable bonds is 5. The van der Waals surface area contributed by atoms with Gasteiger partial charge in [0.1, 0.15) is 5.78 Å². The molecule has 1 unspecified atom stereocenters. The third kappa shape index (κ3) is 4.95. The van der Waals surface area contributed by atoms with Crippen molar-refractivity contribution in [3.63, 3.8) is 0 Å². The third-order valence-electron chi connectivity index (χ3n) is 5.54. The second kappa shape index (κ2) is 8.53. The smallest absolute Gasteiger partial charge is 0.378 e. The number of carbonyl (C=O) groups is 1. The maximum atomic E-state index is 12.9. The molecule has 0 fully saturated rings. The van der Waals surface area contributed by atoms with E-state index in [0.29, 0.717) is 5.56 Å². The van der Waals surface area contributed by atoms with Gasteiger partial charge in [-0.2, -0.15) is 13.2 Å². The van der Waals surface area contributed by atoms with E-state index in [1.54, 1.807) is 6.20 Å². The highest BCUT2D eigenvalue weighted by Crippen LogP contribution is 2.35. The van der Waals surface area contributed by atoms with Crippen molar-refractivity contribution in [3.8, 4) is 11.1 Å². The highest BCUT2D eigenvalue weighted by atomic mass is 19.4. The van der Waals surface area contributed by atoms with Crippen LogP contribution in [0, 0.1) is 0 Å². The SMILES string of the molecule is CC(=O)Cc1cc(NC2CCCc3ncccc32)cc(-c2ccc(C(F)(F)F)cc2)c1. The molecule has 0 aliphatic heterocycles. The van der Waals surface area contributed by atoms with E-state index in [4.69, 9.17) is 0 Å². The van der Waals surface area contributed by atoms with Crippen molar-refractivity contribution in [2.75, 3.05) is 5.32 Å². The van der Waals surface area contributed by atoms with Crippen LogP contribution in [0.4, 0.5) is 18.9 Å². The number of aryl methyl sites for hydroxylation is 1. The maximum Gasteiger partial charge on any atom is 0.416 e. The molecule has 160 valence electrons. The van der Waals surface area contributed by atoms with Gasteiger partial charge in [0, 0.05) is 24.0 Å². The normalized spacial score (nSPS) is 15.9. The zero-order chi connectivity index (χ0) is 22.0. The largest absolute Gasteiger partial charge is 0.416 e. The number of anilines is 1. The zero-order valence-corrected chi connectivity index (χ0v) is 17.2. The second-order valence-corrected chi connectivity index (χ2v) is 8.00. The highest BCUT2D eigenvalue weighted by Gasteiger charge is 2.30. The van der Waals surface area contributed by atoms with Gasteiger partial charge in [-0.15, -0.1) is 0 Å². The first-order valence-electron chi connectivity index (χ1n) is 10.3. The molecule has 1 atom stereocenters. The molecule has 0 saturated carbocycles. The second-order valence-electron chi connectivity index (χ2n) is 8.00.